The number of hydrazone groups is 1. The van der Waals surface area contributed by atoms with Crippen molar-refractivity contribution in [3.05, 3.63) is 61.7 Å². The molecule has 27 heavy (non-hydrogen) atoms. The highest BCUT2D eigenvalue weighted by Crippen LogP contribution is 2.22. The highest BCUT2D eigenvalue weighted by atomic mass is 127. The largest absolute Gasteiger partial charge is 0.480 e. The first-order valence-electron chi connectivity index (χ1n) is 7.65. The quantitative estimate of drug-likeness (QED) is 0.200. The third kappa shape index (κ3) is 6.59. The number of carbonyl (C=O) groups excluding carboxylic acids is 1. The van der Waals surface area contributed by atoms with Crippen LogP contribution < -0.4 is 15.5 Å². The summed E-state index contributed by atoms with van der Waals surface area (Å²) in [4.78, 5) is 22.2. The van der Waals surface area contributed by atoms with Crippen LogP contribution in [-0.4, -0.2) is 30.2 Å². The van der Waals surface area contributed by atoms with Crippen molar-refractivity contribution in [2.24, 2.45) is 5.10 Å². The molecule has 8 nitrogen and oxygen atoms in total. The lowest BCUT2D eigenvalue weighted by atomic mass is 10.2. The summed E-state index contributed by atoms with van der Waals surface area (Å²) in [5.41, 5.74) is 3.35. The zero-order valence-corrected chi connectivity index (χ0v) is 16.2. The first kappa shape index (κ1) is 20.2. The number of nitro benzene ring substituents is 1. The monoisotopic (exact) mass is 478 g/mol. The van der Waals surface area contributed by atoms with Crippen molar-refractivity contribution in [3.63, 3.8) is 0 Å². The van der Waals surface area contributed by atoms with E-state index in [1.165, 1.54) is 24.4 Å². The van der Waals surface area contributed by atoms with E-state index in [0.29, 0.717) is 11.3 Å². The molecule has 0 radical (unpaired) electrons. The van der Waals surface area contributed by atoms with Gasteiger partial charge in [0.1, 0.15) is 12.4 Å². The van der Waals surface area contributed by atoms with Crippen LogP contribution in [0.3, 0.4) is 0 Å². The molecule has 0 aliphatic carbocycles. The summed E-state index contributed by atoms with van der Waals surface area (Å²) in [6, 6.07) is 11.6. The summed E-state index contributed by atoms with van der Waals surface area (Å²) >= 11 is 2.19. The Morgan fingerprint density at radius 1 is 1.33 bits per heavy atom. The van der Waals surface area contributed by atoms with Gasteiger partial charge < -0.3 is 10.1 Å². The van der Waals surface area contributed by atoms with E-state index in [9.17, 15) is 14.9 Å². The summed E-state index contributed by atoms with van der Waals surface area (Å²) in [7, 11) is 0. The normalized spacial score (nSPS) is 10.2. The summed E-state index contributed by atoms with van der Waals surface area (Å²) in [5.74, 6) is 2.27. The lowest BCUT2D eigenvalue weighted by Crippen LogP contribution is -2.25. The average molecular weight is 478 g/mol. The third-order valence-electron chi connectivity index (χ3n) is 3.21. The van der Waals surface area contributed by atoms with Crippen molar-refractivity contribution in [2.75, 3.05) is 18.5 Å². The van der Waals surface area contributed by atoms with Crippen molar-refractivity contribution < 1.29 is 14.5 Å². The highest BCUT2D eigenvalue weighted by molar-refractivity contribution is 14.1. The van der Waals surface area contributed by atoms with E-state index in [4.69, 9.17) is 11.2 Å². The van der Waals surface area contributed by atoms with Crippen LogP contribution in [0.1, 0.15) is 5.56 Å². The maximum Gasteiger partial charge on any atom is 0.270 e. The molecular formula is C18H15IN4O4. The van der Waals surface area contributed by atoms with Gasteiger partial charge in [0, 0.05) is 27.0 Å². The number of terminal acetylenes is 1. The van der Waals surface area contributed by atoms with E-state index in [1.54, 1.807) is 0 Å². The van der Waals surface area contributed by atoms with E-state index in [0.717, 1.165) is 9.26 Å². The van der Waals surface area contributed by atoms with Crippen molar-refractivity contribution in [1.82, 2.24) is 5.43 Å². The molecule has 2 aromatic rings. The molecule has 0 aliphatic heterocycles. The second-order valence-electron chi connectivity index (χ2n) is 5.13. The fourth-order valence-corrected chi connectivity index (χ4v) is 2.32. The van der Waals surface area contributed by atoms with E-state index < -0.39 is 4.92 Å². The number of hydrogen-bond acceptors (Lipinski definition) is 6. The Kier molecular flexibility index (Phi) is 7.57. The van der Waals surface area contributed by atoms with Gasteiger partial charge in [0.2, 0.25) is 0 Å². The number of non-ortho nitro benzene ring substituents is 1. The molecule has 138 valence electrons. The third-order valence-corrected chi connectivity index (χ3v) is 3.92. The van der Waals surface area contributed by atoms with Crippen LogP contribution in [0.2, 0.25) is 0 Å². The summed E-state index contributed by atoms with van der Waals surface area (Å²) in [6.45, 7) is 0.0261. The van der Waals surface area contributed by atoms with Crippen LogP contribution in [-0.2, 0) is 4.79 Å². The van der Waals surface area contributed by atoms with Gasteiger partial charge in [0.25, 0.3) is 11.6 Å². The summed E-state index contributed by atoms with van der Waals surface area (Å²) in [6.07, 6.45) is 6.42. The molecule has 2 rings (SSSR count). The molecule has 0 atom stereocenters. The predicted octanol–water partition coefficient (Wildman–Crippen LogP) is 2.77. The Morgan fingerprint density at radius 3 is 2.74 bits per heavy atom. The highest BCUT2D eigenvalue weighted by Gasteiger charge is 2.10. The minimum atomic E-state index is -0.536. The van der Waals surface area contributed by atoms with Gasteiger partial charge in [-0.25, -0.2) is 5.43 Å². The number of rotatable bonds is 8. The van der Waals surface area contributed by atoms with Gasteiger partial charge in [-0.2, -0.15) is 5.10 Å². The Balaban J connectivity index is 1.97. The number of nitrogens with one attached hydrogen (secondary N) is 2. The van der Waals surface area contributed by atoms with Crippen LogP contribution in [0.15, 0.2) is 47.6 Å². The van der Waals surface area contributed by atoms with Gasteiger partial charge in [0.05, 0.1) is 17.7 Å². The molecule has 0 aromatic heterocycles. The molecular weight excluding hydrogens is 463 g/mol. The Labute approximate surface area is 169 Å². The summed E-state index contributed by atoms with van der Waals surface area (Å²) in [5, 5.41) is 17.7. The molecule has 0 unspecified atom stereocenters. The number of amides is 1. The molecule has 0 fully saturated rings. The van der Waals surface area contributed by atoms with Gasteiger partial charge in [-0.1, -0.05) is 5.92 Å². The lowest BCUT2D eigenvalue weighted by molar-refractivity contribution is -0.384. The first-order valence-corrected chi connectivity index (χ1v) is 8.73. The van der Waals surface area contributed by atoms with Crippen molar-refractivity contribution in [2.45, 2.75) is 0 Å². The lowest BCUT2D eigenvalue weighted by Gasteiger charge is -2.07. The van der Waals surface area contributed by atoms with Gasteiger partial charge in [-0.15, -0.1) is 6.42 Å². The number of benzene rings is 2. The molecule has 0 bridgehead atoms. The molecule has 0 saturated carbocycles. The first-order chi connectivity index (χ1) is 13.0. The number of anilines is 1. The van der Waals surface area contributed by atoms with E-state index in [1.807, 2.05) is 24.3 Å². The second-order valence-corrected chi connectivity index (χ2v) is 6.37. The number of ether oxygens (including phenoxy) is 1. The number of nitrogens with zero attached hydrogens (tertiary/aromatic N) is 2. The van der Waals surface area contributed by atoms with Crippen molar-refractivity contribution >= 4 is 46.1 Å². The van der Waals surface area contributed by atoms with Gasteiger partial charge in [-0.3, -0.25) is 14.9 Å². The summed E-state index contributed by atoms with van der Waals surface area (Å²) < 4.78 is 6.41. The van der Waals surface area contributed by atoms with Gasteiger partial charge >= 0.3 is 0 Å². The number of halogens is 1. The van der Waals surface area contributed by atoms with E-state index in [2.05, 4.69) is 44.4 Å². The molecule has 9 heteroatoms. The van der Waals surface area contributed by atoms with Crippen LogP contribution in [0.4, 0.5) is 11.4 Å². The fourth-order valence-electron chi connectivity index (χ4n) is 1.96. The predicted molar refractivity (Wildman–Crippen MR) is 111 cm³/mol. The zero-order valence-electron chi connectivity index (χ0n) is 14.0. The van der Waals surface area contributed by atoms with Gasteiger partial charge in [0.15, 0.2) is 0 Å². The van der Waals surface area contributed by atoms with E-state index in [-0.39, 0.29) is 24.7 Å². The molecule has 0 spiro atoms. The number of hydrogen-bond donors (Lipinski definition) is 2. The minimum absolute atomic E-state index is 0.00490. The van der Waals surface area contributed by atoms with Crippen LogP contribution in [0.5, 0.6) is 5.75 Å². The smallest absolute Gasteiger partial charge is 0.270 e. The molecule has 1 amide bonds. The Morgan fingerprint density at radius 2 is 2.07 bits per heavy atom. The minimum Gasteiger partial charge on any atom is -0.480 e. The number of nitro groups is 1. The van der Waals surface area contributed by atoms with E-state index >= 15 is 0 Å². The topological polar surface area (TPSA) is 106 Å². The number of carbonyl (C=O) groups is 1. The van der Waals surface area contributed by atoms with Crippen molar-refractivity contribution in [1.29, 1.82) is 0 Å². The zero-order chi connectivity index (χ0) is 19.6. The van der Waals surface area contributed by atoms with Gasteiger partial charge in [-0.05, 0) is 52.9 Å². The molecule has 0 aliphatic rings. The second kappa shape index (κ2) is 10.1. The van der Waals surface area contributed by atoms with Crippen LogP contribution in [0, 0.1) is 26.0 Å². The van der Waals surface area contributed by atoms with Crippen molar-refractivity contribution in [3.8, 4) is 18.1 Å². The molecule has 2 aromatic carbocycles. The fraction of sp³-hybridized carbons (Fsp3) is 0.111. The van der Waals surface area contributed by atoms with Crippen LogP contribution in [0.25, 0.3) is 0 Å². The maximum atomic E-state index is 11.9. The SMILES string of the molecule is C#CCOc1ccc([N+](=O)[O-])cc1/C=N/NC(=O)CNc1ccc(I)cc1. The standard InChI is InChI=1S/C18H15IN4O4/c1-2-9-27-17-8-7-16(23(25)26)10-13(17)11-21-22-18(24)12-20-15-5-3-14(19)4-6-15/h1,3-8,10-11,20H,9,12H2,(H,22,24)/b21-11+. The Bertz CT molecular complexity index is 891. The molecule has 0 heterocycles. The molecule has 0 saturated heterocycles. The average Bonchev–Trinajstić information content (AvgIpc) is 2.66. The molecule has 2 N–H and O–H groups in total. The van der Waals surface area contributed by atoms with Crippen LogP contribution >= 0.6 is 22.6 Å². The maximum absolute atomic E-state index is 11.9. The Hall–Kier alpha value is -3.13.